The average Bonchev–Trinajstić information content (AvgIpc) is 2.25. The molecular formula is C13H14ClNOS. The van der Waals surface area contributed by atoms with E-state index in [1.165, 1.54) is 0 Å². The first-order valence-electron chi connectivity index (χ1n) is 5.38. The highest BCUT2D eigenvalue weighted by Crippen LogP contribution is 2.39. The van der Waals surface area contributed by atoms with Crippen molar-refractivity contribution in [2.45, 2.75) is 17.1 Å². The number of carbonyl (C=O) groups is 1. The summed E-state index contributed by atoms with van der Waals surface area (Å²) in [5.41, 5.74) is 1.54. The van der Waals surface area contributed by atoms with E-state index in [2.05, 4.69) is 6.92 Å². The fourth-order valence-electron chi connectivity index (χ4n) is 1.82. The highest BCUT2D eigenvalue weighted by Gasteiger charge is 2.28. The van der Waals surface area contributed by atoms with Gasteiger partial charge in [0.05, 0.1) is 0 Å². The van der Waals surface area contributed by atoms with Crippen molar-refractivity contribution in [1.29, 1.82) is 0 Å². The third-order valence-electron chi connectivity index (χ3n) is 2.59. The monoisotopic (exact) mass is 267 g/mol. The first-order chi connectivity index (χ1) is 7.99. The molecule has 0 bridgehead atoms. The van der Waals surface area contributed by atoms with Crippen molar-refractivity contribution in [3.05, 3.63) is 40.6 Å². The largest absolute Gasteiger partial charge is 0.383 e. The number of hydrogen-bond donors (Lipinski definition) is 0. The predicted molar refractivity (Wildman–Crippen MR) is 72.9 cm³/mol. The zero-order chi connectivity index (χ0) is 12.6. The molecule has 1 aliphatic heterocycles. The van der Waals surface area contributed by atoms with Crippen LogP contribution in [0.25, 0.3) is 0 Å². The molecule has 0 spiro atoms. The van der Waals surface area contributed by atoms with Gasteiger partial charge in [0.2, 0.25) is 0 Å². The summed E-state index contributed by atoms with van der Waals surface area (Å²) in [5.74, 6) is 0.0856. The average molecular weight is 268 g/mol. The van der Waals surface area contributed by atoms with Crippen LogP contribution in [0.4, 0.5) is 0 Å². The molecule has 0 aliphatic carbocycles. The number of benzene rings is 1. The molecule has 2 rings (SSSR count). The Hall–Kier alpha value is -0.930. The molecule has 0 unspecified atom stereocenters. The van der Waals surface area contributed by atoms with E-state index < -0.39 is 0 Å². The molecule has 1 heterocycles. The van der Waals surface area contributed by atoms with Crippen LogP contribution in [0.2, 0.25) is 5.02 Å². The molecule has 4 heteroatoms. The van der Waals surface area contributed by atoms with Gasteiger partial charge in [-0.05, 0) is 25.1 Å². The van der Waals surface area contributed by atoms with E-state index in [4.69, 9.17) is 11.6 Å². The van der Waals surface area contributed by atoms with Gasteiger partial charge >= 0.3 is 0 Å². The summed E-state index contributed by atoms with van der Waals surface area (Å²) in [7, 11) is 3.84. The van der Waals surface area contributed by atoms with Gasteiger partial charge in [-0.25, -0.2) is 0 Å². The minimum atomic E-state index is 0.0856. The maximum Gasteiger partial charge on any atom is 0.192 e. The fourth-order valence-corrected chi connectivity index (χ4v) is 3.09. The molecule has 1 atom stereocenters. The summed E-state index contributed by atoms with van der Waals surface area (Å²) < 4.78 is 0. The van der Waals surface area contributed by atoms with Gasteiger partial charge in [-0.15, -0.1) is 11.8 Å². The van der Waals surface area contributed by atoms with Crippen LogP contribution in [0.3, 0.4) is 0 Å². The Kier molecular flexibility index (Phi) is 3.50. The molecule has 90 valence electrons. The summed E-state index contributed by atoms with van der Waals surface area (Å²) in [5, 5.41) is 0.787. The lowest BCUT2D eigenvalue weighted by atomic mass is 10.0. The molecule has 0 N–H and O–H groups in total. The van der Waals surface area contributed by atoms with E-state index in [1.54, 1.807) is 17.8 Å². The van der Waals surface area contributed by atoms with Gasteiger partial charge in [0.15, 0.2) is 5.78 Å². The smallest absolute Gasteiger partial charge is 0.192 e. The van der Waals surface area contributed by atoms with Gasteiger partial charge in [0.1, 0.15) is 0 Å². The summed E-state index contributed by atoms with van der Waals surface area (Å²) in [4.78, 5) is 15.3. The number of fused-ring (bicyclic) bond motifs is 1. The number of halogens is 1. The van der Waals surface area contributed by atoms with E-state index in [0.717, 1.165) is 10.5 Å². The van der Waals surface area contributed by atoms with Crippen LogP contribution in [0, 0.1) is 0 Å². The number of ketones is 1. The minimum absolute atomic E-state index is 0.0856. The van der Waals surface area contributed by atoms with Crippen LogP contribution in [0.15, 0.2) is 34.9 Å². The van der Waals surface area contributed by atoms with Crippen LogP contribution in [0.5, 0.6) is 0 Å². The van der Waals surface area contributed by atoms with Crippen molar-refractivity contribution >= 4 is 29.1 Å². The van der Waals surface area contributed by atoms with Crippen molar-refractivity contribution < 1.29 is 4.79 Å². The molecule has 0 aromatic heterocycles. The van der Waals surface area contributed by atoms with E-state index in [0.29, 0.717) is 10.6 Å². The summed E-state index contributed by atoms with van der Waals surface area (Å²) in [6.45, 7) is 2.05. The van der Waals surface area contributed by atoms with Crippen LogP contribution >= 0.6 is 23.4 Å². The Morgan fingerprint density at radius 1 is 1.41 bits per heavy atom. The second kappa shape index (κ2) is 4.75. The Labute approximate surface area is 111 Å². The molecule has 1 aromatic carbocycles. The standard InChI is InChI=1S/C13H14ClNOS/c1-8-11(7-15(2)3)13(16)10-6-9(14)4-5-12(10)17-8/h4-8H,1-3H3/b11-7+/t8-/m1/s1. The molecule has 0 radical (unpaired) electrons. The SMILES string of the molecule is C[C@H]1Sc2ccc(Cl)cc2C(=O)/C1=C/N(C)C. The molecule has 2 nitrogen and oxygen atoms in total. The van der Waals surface area contributed by atoms with Gasteiger partial charge < -0.3 is 4.90 Å². The van der Waals surface area contributed by atoms with Crippen LogP contribution in [-0.2, 0) is 0 Å². The third kappa shape index (κ3) is 2.50. The molecule has 1 aromatic rings. The van der Waals surface area contributed by atoms with Crippen LogP contribution in [0.1, 0.15) is 17.3 Å². The lowest BCUT2D eigenvalue weighted by molar-refractivity contribution is 0.102. The highest BCUT2D eigenvalue weighted by molar-refractivity contribution is 8.00. The third-order valence-corrected chi connectivity index (χ3v) is 4.04. The van der Waals surface area contributed by atoms with Crippen molar-refractivity contribution in [3.8, 4) is 0 Å². The number of Topliss-reactive ketones (excluding diaryl/α,β-unsaturated/α-hetero) is 1. The Morgan fingerprint density at radius 2 is 2.12 bits per heavy atom. The number of hydrogen-bond acceptors (Lipinski definition) is 3. The van der Waals surface area contributed by atoms with E-state index >= 15 is 0 Å². The number of thioether (sulfide) groups is 1. The topological polar surface area (TPSA) is 20.3 Å². The lowest BCUT2D eigenvalue weighted by Crippen LogP contribution is -2.21. The molecule has 0 amide bonds. The molecule has 17 heavy (non-hydrogen) atoms. The zero-order valence-electron chi connectivity index (χ0n) is 10.0. The summed E-state index contributed by atoms with van der Waals surface area (Å²) >= 11 is 7.64. The Balaban J connectivity index is 2.49. The van der Waals surface area contributed by atoms with Gasteiger partial charge in [0.25, 0.3) is 0 Å². The van der Waals surface area contributed by atoms with Crippen LogP contribution in [-0.4, -0.2) is 30.0 Å². The second-order valence-corrected chi connectivity index (χ2v) is 6.10. The summed E-state index contributed by atoms with van der Waals surface area (Å²) in [6, 6.07) is 5.50. The van der Waals surface area contributed by atoms with Crippen molar-refractivity contribution in [3.63, 3.8) is 0 Å². The molecule has 1 aliphatic rings. The lowest BCUT2D eigenvalue weighted by Gasteiger charge is -2.24. The van der Waals surface area contributed by atoms with Gasteiger partial charge in [0, 0.05) is 46.6 Å². The fraction of sp³-hybridized carbons (Fsp3) is 0.308. The van der Waals surface area contributed by atoms with Gasteiger partial charge in [-0.1, -0.05) is 11.6 Å². The molecule has 0 saturated heterocycles. The van der Waals surface area contributed by atoms with Crippen molar-refractivity contribution in [2.75, 3.05) is 14.1 Å². The molecule has 0 fully saturated rings. The highest BCUT2D eigenvalue weighted by atomic mass is 35.5. The van der Waals surface area contributed by atoms with Gasteiger partial charge in [-0.3, -0.25) is 4.79 Å². The van der Waals surface area contributed by atoms with Gasteiger partial charge in [-0.2, -0.15) is 0 Å². The second-order valence-electron chi connectivity index (χ2n) is 4.28. The van der Waals surface area contributed by atoms with Crippen molar-refractivity contribution in [1.82, 2.24) is 4.90 Å². The van der Waals surface area contributed by atoms with Crippen molar-refractivity contribution in [2.24, 2.45) is 0 Å². The molecule has 0 saturated carbocycles. The normalized spacial score (nSPS) is 21.5. The first-order valence-corrected chi connectivity index (χ1v) is 6.64. The predicted octanol–water partition coefficient (Wildman–Crippen LogP) is 3.46. The number of carbonyl (C=O) groups excluding carboxylic acids is 1. The quantitative estimate of drug-likeness (QED) is 0.727. The zero-order valence-corrected chi connectivity index (χ0v) is 11.6. The van der Waals surface area contributed by atoms with E-state index in [1.807, 2.05) is 37.3 Å². The number of rotatable bonds is 1. The first kappa shape index (κ1) is 12.5. The Morgan fingerprint density at radius 3 is 2.76 bits per heavy atom. The van der Waals surface area contributed by atoms with E-state index in [-0.39, 0.29) is 11.0 Å². The minimum Gasteiger partial charge on any atom is -0.383 e. The van der Waals surface area contributed by atoms with Crippen LogP contribution < -0.4 is 0 Å². The van der Waals surface area contributed by atoms with E-state index in [9.17, 15) is 4.79 Å². The summed E-state index contributed by atoms with van der Waals surface area (Å²) in [6.07, 6.45) is 1.89. The molecular weight excluding hydrogens is 254 g/mol. The maximum absolute atomic E-state index is 12.3. The maximum atomic E-state index is 12.3. The Bertz CT molecular complexity index is 496. The number of nitrogens with zero attached hydrogens (tertiary/aromatic N) is 1.